The fraction of sp³-hybridized carbons (Fsp3) is 0.417. The second-order valence-electron chi connectivity index (χ2n) is 8.08. The zero-order valence-corrected chi connectivity index (χ0v) is 17.4. The minimum absolute atomic E-state index is 0.0456. The monoisotopic (exact) mass is 405 g/mol. The summed E-state index contributed by atoms with van der Waals surface area (Å²) < 4.78 is 10.7. The van der Waals surface area contributed by atoms with Crippen LogP contribution in [0, 0.1) is 17.2 Å². The van der Waals surface area contributed by atoms with E-state index in [0.29, 0.717) is 29.9 Å². The summed E-state index contributed by atoms with van der Waals surface area (Å²) in [5.41, 5.74) is 3.07. The fourth-order valence-corrected chi connectivity index (χ4v) is 4.63. The summed E-state index contributed by atoms with van der Waals surface area (Å²) in [6.07, 6.45) is 3.81. The number of fused-ring (bicyclic) bond motifs is 2. The third-order valence-electron chi connectivity index (χ3n) is 6.23. The van der Waals surface area contributed by atoms with E-state index in [2.05, 4.69) is 16.7 Å². The molecule has 4 rings (SSSR count). The summed E-state index contributed by atoms with van der Waals surface area (Å²) in [5, 5.41) is 15.8. The number of nitriles is 1. The van der Waals surface area contributed by atoms with E-state index in [0.717, 1.165) is 36.0 Å². The standard InChI is InChI=1S/C24H27N3O3/c1-29-21-10-8-17(13-22(21)30-2)16-5-3-15(4-6-16)11-20(14-25)27-24(28)23-18-7-9-19(12-18)26-23/h3-6,8,10,13,18-20,23,26H,7,9,11-12H2,1-2H3,(H,27,28)/t18-,19+,20-,23-/m0/s1. The van der Waals surface area contributed by atoms with Gasteiger partial charge in [0, 0.05) is 12.5 Å². The van der Waals surface area contributed by atoms with E-state index in [1.165, 1.54) is 0 Å². The van der Waals surface area contributed by atoms with Crippen molar-refractivity contribution in [3.63, 3.8) is 0 Å². The molecule has 2 bridgehead atoms. The molecule has 2 fully saturated rings. The average Bonchev–Trinajstić information content (AvgIpc) is 3.42. The lowest BCUT2D eigenvalue weighted by molar-refractivity contribution is -0.124. The first-order valence-corrected chi connectivity index (χ1v) is 10.4. The molecule has 1 aliphatic carbocycles. The number of carbonyl (C=O) groups excluding carboxylic acids is 1. The van der Waals surface area contributed by atoms with Gasteiger partial charge in [-0.15, -0.1) is 0 Å². The van der Waals surface area contributed by atoms with Crippen molar-refractivity contribution in [3.05, 3.63) is 48.0 Å². The number of nitrogens with zero attached hydrogens (tertiary/aromatic N) is 1. The molecule has 6 nitrogen and oxygen atoms in total. The van der Waals surface area contributed by atoms with Gasteiger partial charge in [0.15, 0.2) is 11.5 Å². The summed E-state index contributed by atoms with van der Waals surface area (Å²) in [4.78, 5) is 12.6. The molecule has 0 aromatic heterocycles. The Bertz CT molecular complexity index is 951. The van der Waals surface area contributed by atoms with Gasteiger partial charge in [-0.05, 0) is 54.0 Å². The number of amides is 1. The molecule has 2 aliphatic rings. The first-order chi connectivity index (χ1) is 14.6. The number of carbonyl (C=O) groups is 1. The van der Waals surface area contributed by atoms with Crippen molar-refractivity contribution in [2.45, 2.75) is 43.8 Å². The van der Waals surface area contributed by atoms with Crippen molar-refractivity contribution in [3.8, 4) is 28.7 Å². The molecule has 0 spiro atoms. The number of hydrogen-bond donors (Lipinski definition) is 2. The van der Waals surface area contributed by atoms with E-state index in [9.17, 15) is 10.1 Å². The number of ether oxygens (including phenoxy) is 2. The van der Waals surface area contributed by atoms with E-state index in [1.54, 1.807) is 14.2 Å². The van der Waals surface area contributed by atoms with Crippen LogP contribution in [0.1, 0.15) is 24.8 Å². The molecule has 2 aromatic carbocycles. The van der Waals surface area contributed by atoms with Crippen LogP contribution in [-0.2, 0) is 11.2 Å². The second-order valence-corrected chi connectivity index (χ2v) is 8.08. The van der Waals surface area contributed by atoms with Crippen molar-refractivity contribution in [2.75, 3.05) is 14.2 Å². The quantitative estimate of drug-likeness (QED) is 0.740. The van der Waals surface area contributed by atoms with Crippen molar-refractivity contribution in [1.29, 1.82) is 5.26 Å². The molecule has 2 aromatic rings. The van der Waals surface area contributed by atoms with E-state index >= 15 is 0 Å². The Morgan fingerprint density at radius 1 is 1.13 bits per heavy atom. The number of piperidine rings is 1. The smallest absolute Gasteiger partial charge is 0.238 e. The summed E-state index contributed by atoms with van der Waals surface area (Å²) in [6, 6.07) is 15.9. The molecule has 2 N–H and O–H groups in total. The zero-order chi connectivity index (χ0) is 21.1. The normalized spacial score (nSPS) is 22.9. The molecule has 1 aliphatic heterocycles. The van der Waals surface area contributed by atoms with Crippen LogP contribution in [0.4, 0.5) is 0 Å². The Kier molecular flexibility index (Phi) is 5.91. The molecule has 156 valence electrons. The molecule has 1 heterocycles. The van der Waals surface area contributed by atoms with E-state index in [1.807, 2.05) is 42.5 Å². The van der Waals surface area contributed by atoms with Gasteiger partial charge in [0.05, 0.1) is 26.3 Å². The highest BCUT2D eigenvalue weighted by Crippen LogP contribution is 2.35. The summed E-state index contributed by atoms with van der Waals surface area (Å²) in [7, 11) is 3.23. The first kappa shape index (κ1) is 20.2. The molecule has 1 saturated heterocycles. The zero-order valence-electron chi connectivity index (χ0n) is 17.4. The van der Waals surface area contributed by atoms with E-state index in [-0.39, 0.29) is 11.9 Å². The molecule has 4 atom stereocenters. The van der Waals surface area contributed by atoms with Crippen LogP contribution in [0.2, 0.25) is 0 Å². The molecule has 30 heavy (non-hydrogen) atoms. The first-order valence-electron chi connectivity index (χ1n) is 10.4. The predicted molar refractivity (Wildman–Crippen MR) is 114 cm³/mol. The maximum Gasteiger partial charge on any atom is 0.238 e. The second kappa shape index (κ2) is 8.76. The lowest BCUT2D eigenvalue weighted by Crippen LogP contribution is -2.50. The third-order valence-corrected chi connectivity index (χ3v) is 6.23. The molecule has 1 saturated carbocycles. The summed E-state index contributed by atoms with van der Waals surface area (Å²) >= 11 is 0. The number of methoxy groups -OCH3 is 2. The number of benzene rings is 2. The van der Waals surface area contributed by atoms with Crippen molar-refractivity contribution in [1.82, 2.24) is 10.6 Å². The van der Waals surface area contributed by atoms with Crippen LogP contribution in [0.3, 0.4) is 0 Å². The van der Waals surface area contributed by atoms with Crippen LogP contribution in [0.25, 0.3) is 11.1 Å². The largest absolute Gasteiger partial charge is 0.493 e. The summed E-state index contributed by atoms with van der Waals surface area (Å²) in [6.45, 7) is 0. The SMILES string of the molecule is COc1ccc(-c2ccc(C[C@@H](C#N)NC(=O)[C@H]3N[C@@H]4CC[C@H]3C4)cc2)cc1OC. The van der Waals surface area contributed by atoms with Gasteiger partial charge in [-0.2, -0.15) is 5.26 Å². The van der Waals surface area contributed by atoms with Gasteiger partial charge in [-0.25, -0.2) is 0 Å². The van der Waals surface area contributed by atoms with Crippen LogP contribution in [-0.4, -0.2) is 38.3 Å². The Labute approximate surface area is 177 Å². The predicted octanol–water partition coefficient (Wildman–Crippen LogP) is 3.06. The van der Waals surface area contributed by atoms with Crippen molar-refractivity contribution in [2.24, 2.45) is 5.92 Å². The molecule has 6 heteroatoms. The third kappa shape index (κ3) is 4.12. The van der Waals surface area contributed by atoms with Crippen LogP contribution >= 0.6 is 0 Å². The molecular formula is C24H27N3O3. The van der Waals surface area contributed by atoms with Crippen molar-refractivity contribution >= 4 is 5.91 Å². The average molecular weight is 405 g/mol. The van der Waals surface area contributed by atoms with E-state index < -0.39 is 6.04 Å². The van der Waals surface area contributed by atoms with Crippen molar-refractivity contribution < 1.29 is 14.3 Å². The van der Waals surface area contributed by atoms with Crippen LogP contribution < -0.4 is 20.1 Å². The Morgan fingerprint density at radius 2 is 1.87 bits per heavy atom. The van der Waals surface area contributed by atoms with Gasteiger partial charge in [0.25, 0.3) is 0 Å². The Balaban J connectivity index is 1.40. The van der Waals surface area contributed by atoms with Gasteiger partial charge < -0.3 is 20.1 Å². The maximum absolute atomic E-state index is 12.6. The number of hydrogen-bond acceptors (Lipinski definition) is 5. The lowest BCUT2D eigenvalue weighted by atomic mass is 9.98. The van der Waals surface area contributed by atoms with Gasteiger partial charge in [-0.3, -0.25) is 4.79 Å². The molecule has 0 unspecified atom stereocenters. The lowest BCUT2D eigenvalue weighted by Gasteiger charge is -2.23. The maximum atomic E-state index is 12.6. The topological polar surface area (TPSA) is 83.4 Å². The minimum atomic E-state index is -0.537. The van der Waals surface area contributed by atoms with Crippen LogP contribution in [0.5, 0.6) is 11.5 Å². The summed E-state index contributed by atoms with van der Waals surface area (Å²) in [5.74, 6) is 1.74. The van der Waals surface area contributed by atoms with Gasteiger partial charge in [-0.1, -0.05) is 30.3 Å². The van der Waals surface area contributed by atoms with Gasteiger partial charge >= 0.3 is 0 Å². The Morgan fingerprint density at radius 3 is 2.47 bits per heavy atom. The molecule has 1 amide bonds. The molecular weight excluding hydrogens is 378 g/mol. The highest BCUT2D eigenvalue weighted by atomic mass is 16.5. The highest BCUT2D eigenvalue weighted by Gasteiger charge is 2.43. The minimum Gasteiger partial charge on any atom is -0.493 e. The van der Waals surface area contributed by atoms with Gasteiger partial charge in [0.1, 0.15) is 6.04 Å². The van der Waals surface area contributed by atoms with E-state index in [4.69, 9.17) is 9.47 Å². The highest BCUT2D eigenvalue weighted by molar-refractivity contribution is 5.83. The number of rotatable bonds is 7. The van der Waals surface area contributed by atoms with Crippen LogP contribution in [0.15, 0.2) is 42.5 Å². The fourth-order valence-electron chi connectivity index (χ4n) is 4.63. The Hall–Kier alpha value is -3.04. The number of nitrogens with one attached hydrogen (secondary N) is 2. The molecule has 0 radical (unpaired) electrons. The van der Waals surface area contributed by atoms with Gasteiger partial charge in [0.2, 0.25) is 5.91 Å².